The summed E-state index contributed by atoms with van der Waals surface area (Å²) >= 11 is 0. The molecule has 0 bridgehead atoms. The first-order valence-electron chi connectivity index (χ1n) is 26.5. The van der Waals surface area contributed by atoms with Crippen molar-refractivity contribution in [1.29, 1.82) is 0 Å². The van der Waals surface area contributed by atoms with Crippen LogP contribution in [0.3, 0.4) is 0 Å². The van der Waals surface area contributed by atoms with E-state index in [4.69, 9.17) is 14.2 Å². The number of carboxylic acids is 1. The van der Waals surface area contributed by atoms with Crippen LogP contribution in [0.1, 0.15) is 219 Å². The number of hydrogen-bond donors (Lipinski definition) is 0. The van der Waals surface area contributed by atoms with Crippen LogP contribution in [0.4, 0.5) is 0 Å². The van der Waals surface area contributed by atoms with E-state index in [9.17, 15) is 19.5 Å². The van der Waals surface area contributed by atoms with Gasteiger partial charge in [0.15, 0.2) is 6.10 Å². The molecule has 0 aliphatic heterocycles. The number of unbranched alkanes of at least 4 members (excludes halogenated alkanes) is 25. The number of nitrogens with zero attached hydrogens (tertiary/aromatic N) is 1. The van der Waals surface area contributed by atoms with E-state index in [0.29, 0.717) is 6.42 Å². The fraction of sp³-hybridized carbons (Fsp3) is 0.737. The Labute approximate surface area is 400 Å². The van der Waals surface area contributed by atoms with E-state index in [-0.39, 0.29) is 49.1 Å². The molecule has 0 rings (SSSR count). The Hall–Kier alpha value is -3.23. The van der Waals surface area contributed by atoms with E-state index in [1.807, 2.05) is 36.5 Å². The molecule has 0 heterocycles. The number of carboxylic acid groups (broad SMARTS) is 1. The van der Waals surface area contributed by atoms with Crippen molar-refractivity contribution in [3.63, 3.8) is 0 Å². The summed E-state index contributed by atoms with van der Waals surface area (Å²) in [7, 11) is 5.40. The third kappa shape index (κ3) is 45.7. The molecule has 0 aliphatic carbocycles. The summed E-state index contributed by atoms with van der Waals surface area (Å²) in [6, 6.07) is -0.736. The standard InChI is InChI=1S/C57H99NO7/c1-6-8-10-12-14-16-18-20-22-24-26-27-28-29-30-32-33-35-37-39-41-43-45-47-55(59)64-52-53(51-63-50-49-54(57(61)62)58(3,4)5)65-56(60)48-46-44-42-40-38-36-34-31-25-23-21-19-17-15-13-11-9-7-2/h11,13,15,17,19,21,23,25,29-31,34,53-54H,6-10,12,14,16,18,20,22,24,26-28,32-33,35-52H2,1-5H3/b13-11+,17-15+,21-19+,25-23+,30-29+,34-31+. The van der Waals surface area contributed by atoms with Crippen molar-refractivity contribution in [3.8, 4) is 0 Å². The molecular formula is C57H99NO7. The first-order chi connectivity index (χ1) is 31.6. The molecule has 374 valence electrons. The molecular weight excluding hydrogens is 811 g/mol. The summed E-state index contributed by atoms with van der Waals surface area (Å²) in [5, 5.41) is 11.7. The van der Waals surface area contributed by atoms with E-state index in [0.717, 1.165) is 64.2 Å². The summed E-state index contributed by atoms with van der Waals surface area (Å²) in [5.74, 6) is -1.77. The highest BCUT2D eigenvalue weighted by atomic mass is 16.6. The van der Waals surface area contributed by atoms with Gasteiger partial charge in [-0.2, -0.15) is 0 Å². The van der Waals surface area contributed by atoms with Gasteiger partial charge in [-0.05, 0) is 57.8 Å². The summed E-state index contributed by atoms with van der Waals surface area (Å²) in [6.45, 7) is 4.56. The fourth-order valence-electron chi connectivity index (χ4n) is 7.57. The Kier molecular flexibility index (Phi) is 44.9. The van der Waals surface area contributed by atoms with Crippen molar-refractivity contribution in [3.05, 3.63) is 72.9 Å². The lowest BCUT2D eigenvalue weighted by Crippen LogP contribution is -2.55. The first kappa shape index (κ1) is 61.8. The van der Waals surface area contributed by atoms with E-state index in [2.05, 4.69) is 50.3 Å². The van der Waals surface area contributed by atoms with Crippen molar-refractivity contribution in [2.75, 3.05) is 41.0 Å². The van der Waals surface area contributed by atoms with E-state index < -0.39 is 18.1 Å². The number of ether oxygens (including phenoxy) is 3. The molecule has 0 N–H and O–H groups in total. The van der Waals surface area contributed by atoms with Gasteiger partial charge in [-0.3, -0.25) is 9.59 Å². The molecule has 2 unspecified atom stereocenters. The molecule has 0 aliphatic rings. The maximum absolute atomic E-state index is 12.8. The molecule has 0 fully saturated rings. The lowest BCUT2D eigenvalue weighted by molar-refractivity contribution is -0.889. The van der Waals surface area contributed by atoms with Gasteiger partial charge >= 0.3 is 11.9 Å². The third-order valence-corrected chi connectivity index (χ3v) is 11.7. The first-order valence-corrected chi connectivity index (χ1v) is 26.5. The number of hydrogen-bond acceptors (Lipinski definition) is 7. The highest BCUT2D eigenvalue weighted by Gasteiger charge is 2.25. The maximum atomic E-state index is 12.8. The molecule has 0 aromatic heterocycles. The van der Waals surface area contributed by atoms with Crippen LogP contribution >= 0.6 is 0 Å². The van der Waals surface area contributed by atoms with Crippen molar-refractivity contribution in [2.45, 2.75) is 231 Å². The number of allylic oxidation sites excluding steroid dienone is 12. The minimum absolute atomic E-state index is 0.0257. The predicted molar refractivity (Wildman–Crippen MR) is 272 cm³/mol. The zero-order chi connectivity index (χ0) is 47.7. The van der Waals surface area contributed by atoms with Crippen molar-refractivity contribution in [2.24, 2.45) is 0 Å². The molecule has 8 nitrogen and oxygen atoms in total. The number of quaternary nitrogens is 1. The molecule has 0 saturated carbocycles. The summed E-state index contributed by atoms with van der Waals surface area (Å²) in [6.07, 6.45) is 60.8. The van der Waals surface area contributed by atoms with Crippen LogP contribution in [0.15, 0.2) is 72.9 Å². The zero-order valence-electron chi connectivity index (χ0n) is 42.6. The van der Waals surface area contributed by atoms with Crippen LogP contribution in [0.25, 0.3) is 0 Å². The van der Waals surface area contributed by atoms with Crippen LogP contribution in [0.2, 0.25) is 0 Å². The van der Waals surface area contributed by atoms with Gasteiger partial charge in [0.05, 0.1) is 40.3 Å². The van der Waals surface area contributed by atoms with Crippen LogP contribution < -0.4 is 5.11 Å². The Bertz CT molecular complexity index is 1290. The monoisotopic (exact) mass is 910 g/mol. The largest absolute Gasteiger partial charge is 0.544 e. The highest BCUT2D eigenvalue weighted by Crippen LogP contribution is 2.15. The maximum Gasteiger partial charge on any atom is 0.306 e. The fourth-order valence-corrected chi connectivity index (χ4v) is 7.57. The quantitative estimate of drug-likeness (QED) is 0.0197. The summed E-state index contributed by atoms with van der Waals surface area (Å²) < 4.78 is 17.2. The molecule has 65 heavy (non-hydrogen) atoms. The Morgan fingerprint density at radius 1 is 0.462 bits per heavy atom. The van der Waals surface area contributed by atoms with Gasteiger partial charge in [-0.25, -0.2) is 0 Å². The van der Waals surface area contributed by atoms with E-state index in [1.165, 1.54) is 122 Å². The lowest BCUT2D eigenvalue weighted by atomic mass is 10.0. The smallest absolute Gasteiger partial charge is 0.306 e. The van der Waals surface area contributed by atoms with Gasteiger partial charge < -0.3 is 28.6 Å². The average Bonchev–Trinajstić information content (AvgIpc) is 3.27. The molecule has 2 atom stereocenters. The zero-order valence-corrected chi connectivity index (χ0v) is 42.6. The van der Waals surface area contributed by atoms with Gasteiger partial charge in [-0.15, -0.1) is 0 Å². The van der Waals surface area contributed by atoms with Crippen molar-refractivity contribution < 1.29 is 38.2 Å². The highest BCUT2D eigenvalue weighted by molar-refractivity contribution is 5.70. The predicted octanol–water partition coefficient (Wildman–Crippen LogP) is 14.1. The Balaban J connectivity index is 4.26. The third-order valence-electron chi connectivity index (χ3n) is 11.7. The number of rotatable bonds is 47. The van der Waals surface area contributed by atoms with E-state index >= 15 is 0 Å². The SMILES string of the molecule is CCC/C=C/C=C/C=C/C=C/C=C/CCCCCCCC(=O)OC(COCCC(C(=O)[O-])[N+](C)(C)C)COC(=O)CCCCCCCCC/C=C/CCCCCCCCCCCCCC. The molecule has 0 spiro atoms. The minimum atomic E-state index is -1.13. The number of aliphatic carboxylic acids is 1. The normalized spacial score (nSPS) is 13.4. The second-order valence-electron chi connectivity index (χ2n) is 18.9. The second kappa shape index (κ2) is 47.3. The van der Waals surface area contributed by atoms with Crippen molar-refractivity contribution in [1.82, 2.24) is 0 Å². The number of carbonyl (C=O) groups is 3. The molecule has 0 amide bonds. The van der Waals surface area contributed by atoms with Gasteiger partial charge in [-0.1, -0.05) is 215 Å². The summed E-state index contributed by atoms with van der Waals surface area (Å²) in [4.78, 5) is 37.1. The second-order valence-corrected chi connectivity index (χ2v) is 18.9. The van der Waals surface area contributed by atoms with Gasteiger partial charge in [0.25, 0.3) is 0 Å². The molecule has 0 aromatic carbocycles. The molecule has 0 radical (unpaired) electrons. The van der Waals surface area contributed by atoms with E-state index in [1.54, 1.807) is 21.1 Å². The van der Waals surface area contributed by atoms with Gasteiger partial charge in [0, 0.05) is 19.3 Å². The van der Waals surface area contributed by atoms with Crippen LogP contribution in [-0.4, -0.2) is 75.5 Å². The van der Waals surface area contributed by atoms with Gasteiger partial charge in [0.1, 0.15) is 12.6 Å². The molecule has 0 saturated heterocycles. The Morgan fingerprint density at radius 3 is 1.31 bits per heavy atom. The topological polar surface area (TPSA) is 102 Å². The average molecular weight is 910 g/mol. The minimum Gasteiger partial charge on any atom is -0.544 e. The number of likely N-dealkylation sites (N-methyl/N-ethyl adjacent to an activating group) is 1. The van der Waals surface area contributed by atoms with Crippen LogP contribution in [0, 0.1) is 0 Å². The molecule has 0 aromatic rings. The van der Waals surface area contributed by atoms with Crippen LogP contribution in [-0.2, 0) is 28.6 Å². The van der Waals surface area contributed by atoms with Gasteiger partial charge in [0.2, 0.25) is 0 Å². The Morgan fingerprint density at radius 2 is 0.862 bits per heavy atom. The molecule has 8 heteroatoms. The van der Waals surface area contributed by atoms with Crippen LogP contribution in [0.5, 0.6) is 0 Å². The lowest BCUT2D eigenvalue weighted by Gasteiger charge is -2.34. The van der Waals surface area contributed by atoms with Crippen molar-refractivity contribution >= 4 is 17.9 Å². The summed E-state index contributed by atoms with van der Waals surface area (Å²) in [5.41, 5.74) is 0. The number of esters is 2. The number of carbonyl (C=O) groups excluding carboxylic acids is 3.